The van der Waals surface area contributed by atoms with Crippen molar-refractivity contribution in [3.63, 3.8) is 0 Å². The number of fused-ring (bicyclic) bond motifs is 3. The van der Waals surface area contributed by atoms with Gasteiger partial charge in [-0.25, -0.2) is 15.0 Å². The number of aromatic nitrogens is 4. The maximum Gasteiger partial charge on any atom is 0.164 e. The lowest BCUT2D eigenvalue weighted by Gasteiger charge is -2.15. The van der Waals surface area contributed by atoms with Crippen LogP contribution in [0.3, 0.4) is 0 Å². The van der Waals surface area contributed by atoms with E-state index in [-0.39, 0.29) is 0 Å². The summed E-state index contributed by atoms with van der Waals surface area (Å²) in [7, 11) is 0. The largest absolute Gasteiger partial charge is 0.309 e. The summed E-state index contributed by atoms with van der Waals surface area (Å²) >= 11 is 0. The third-order valence-electron chi connectivity index (χ3n) is 11.5. The highest BCUT2D eigenvalue weighted by atomic mass is 15.0. The zero-order valence-corrected chi connectivity index (χ0v) is 33.2. The first-order valence-corrected chi connectivity index (χ1v) is 20.6. The molecular formula is C57H38N4. The van der Waals surface area contributed by atoms with Crippen molar-refractivity contribution in [3.05, 3.63) is 231 Å². The van der Waals surface area contributed by atoms with E-state index in [1.54, 1.807) is 0 Å². The van der Waals surface area contributed by atoms with Crippen molar-refractivity contribution in [2.45, 2.75) is 0 Å². The molecule has 0 radical (unpaired) electrons. The van der Waals surface area contributed by atoms with Crippen LogP contribution in [0.1, 0.15) is 0 Å². The summed E-state index contributed by atoms with van der Waals surface area (Å²) in [6, 6.07) is 81.2. The highest BCUT2D eigenvalue weighted by molar-refractivity contribution is 6.09. The summed E-state index contributed by atoms with van der Waals surface area (Å²) in [5.74, 6) is 1.91. The van der Waals surface area contributed by atoms with Crippen LogP contribution in [-0.2, 0) is 0 Å². The molecule has 4 heteroatoms. The lowest BCUT2D eigenvalue weighted by Crippen LogP contribution is -2.01. The van der Waals surface area contributed by atoms with Crippen LogP contribution in [-0.4, -0.2) is 19.5 Å². The Morgan fingerprint density at radius 3 is 1.30 bits per heavy atom. The van der Waals surface area contributed by atoms with Crippen molar-refractivity contribution in [2.24, 2.45) is 0 Å². The Balaban J connectivity index is 0.939. The highest BCUT2D eigenvalue weighted by Gasteiger charge is 2.17. The monoisotopic (exact) mass is 778 g/mol. The molecule has 0 bridgehead atoms. The van der Waals surface area contributed by atoms with Gasteiger partial charge in [0.2, 0.25) is 0 Å². The molecule has 11 rings (SSSR count). The Labute approximate surface area is 354 Å². The van der Waals surface area contributed by atoms with Crippen molar-refractivity contribution in [3.8, 4) is 84.4 Å². The molecule has 0 saturated heterocycles. The molecular weight excluding hydrogens is 741 g/mol. The first-order valence-electron chi connectivity index (χ1n) is 20.6. The molecule has 0 aliphatic rings. The summed E-state index contributed by atoms with van der Waals surface area (Å²) in [6.07, 6.45) is 0. The van der Waals surface area contributed by atoms with E-state index in [9.17, 15) is 0 Å². The highest BCUT2D eigenvalue weighted by Crippen LogP contribution is 2.38. The first-order chi connectivity index (χ1) is 30.2. The summed E-state index contributed by atoms with van der Waals surface area (Å²) in [4.78, 5) is 15.2. The van der Waals surface area contributed by atoms with E-state index in [4.69, 9.17) is 15.0 Å². The minimum absolute atomic E-state index is 0.630. The average Bonchev–Trinajstić information content (AvgIpc) is 3.69. The van der Waals surface area contributed by atoms with Crippen LogP contribution in [0.2, 0.25) is 0 Å². The number of para-hydroxylation sites is 3. The van der Waals surface area contributed by atoms with E-state index >= 15 is 0 Å². The molecule has 2 heterocycles. The van der Waals surface area contributed by atoms with Gasteiger partial charge >= 0.3 is 0 Å². The zero-order valence-electron chi connectivity index (χ0n) is 33.2. The van der Waals surface area contributed by atoms with Crippen LogP contribution in [0.4, 0.5) is 0 Å². The SMILES string of the molecule is c1ccc(-c2nc(-c3ccc(-c4cccc(-c5cccc(-c6ccccc6-n6c7ccccc7c7ccccc76)c5)c4)cc3)nc(-c3ccccc3-c3ccccc3)n2)cc1. The minimum Gasteiger partial charge on any atom is -0.309 e. The average molecular weight is 779 g/mol. The molecule has 0 unspecified atom stereocenters. The lowest BCUT2D eigenvalue weighted by atomic mass is 9.95. The summed E-state index contributed by atoms with van der Waals surface area (Å²) < 4.78 is 2.40. The van der Waals surface area contributed by atoms with Crippen molar-refractivity contribution in [1.29, 1.82) is 0 Å². The smallest absolute Gasteiger partial charge is 0.164 e. The third-order valence-corrected chi connectivity index (χ3v) is 11.5. The summed E-state index contributed by atoms with van der Waals surface area (Å²) in [5.41, 5.74) is 15.5. The van der Waals surface area contributed by atoms with Crippen LogP contribution in [0.15, 0.2) is 231 Å². The molecule has 0 aliphatic heterocycles. The van der Waals surface area contributed by atoms with E-state index in [2.05, 4.69) is 193 Å². The Hall–Kier alpha value is -8.21. The fourth-order valence-corrected chi connectivity index (χ4v) is 8.54. The number of benzene rings is 9. The fourth-order valence-electron chi connectivity index (χ4n) is 8.54. The number of hydrogen-bond acceptors (Lipinski definition) is 3. The Morgan fingerprint density at radius 1 is 0.246 bits per heavy atom. The second-order valence-corrected chi connectivity index (χ2v) is 15.2. The van der Waals surface area contributed by atoms with E-state index in [0.717, 1.165) is 55.8 Å². The summed E-state index contributed by atoms with van der Waals surface area (Å²) in [5, 5.41) is 2.51. The van der Waals surface area contributed by atoms with Crippen LogP contribution >= 0.6 is 0 Å². The molecule has 0 aliphatic carbocycles. The normalized spacial score (nSPS) is 11.3. The zero-order chi connectivity index (χ0) is 40.5. The molecule has 0 spiro atoms. The van der Waals surface area contributed by atoms with Gasteiger partial charge < -0.3 is 4.57 Å². The van der Waals surface area contributed by atoms with Gasteiger partial charge in [0.1, 0.15) is 0 Å². The fraction of sp³-hybridized carbons (Fsp3) is 0. The minimum atomic E-state index is 0.630. The molecule has 0 N–H and O–H groups in total. The first kappa shape index (κ1) is 35.9. The number of hydrogen-bond donors (Lipinski definition) is 0. The van der Waals surface area contributed by atoms with Crippen LogP contribution in [0.25, 0.3) is 106 Å². The van der Waals surface area contributed by atoms with Crippen LogP contribution < -0.4 is 0 Å². The summed E-state index contributed by atoms with van der Waals surface area (Å²) in [6.45, 7) is 0. The molecule has 9 aromatic carbocycles. The van der Waals surface area contributed by atoms with Crippen LogP contribution in [0, 0.1) is 0 Å². The lowest BCUT2D eigenvalue weighted by molar-refractivity contribution is 1.07. The van der Waals surface area contributed by atoms with E-state index in [1.165, 1.54) is 32.9 Å². The second kappa shape index (κ2) is 15.5. The molecule has 0 atom stereocenters. The van der Waals surface area contributed by atoms with Crippen molar-refractivity contribution >= 4 is 21.8 Å². The standard InChI is InChI=1S/C57H38N4/c1-3-17-40(18-4-1)47-25-7-8-29-51(47)57-59-55(41-19-5-2-6-20-41)58-56(60-57)42-35-33-39(34-36-42)43-21-15-22-44(37-43)45-23-16-24-46(38-45)48-26-9-12-30-52(48)61-53-31-13-10-27-49(53)50-28-11-14-32-54(50)61/h1-38H. The van der Waals surface area contributed by atoms with Crippen molar-refractivity contribution < 1.29 is 0 Å². The molecule has 0 fully saturated rings. The molecule has 0 saturated carbocycles. The predicted molar refractivity (Wildman–Crippen MR) is 252 cm³/mol. The van der Waals surface area contributed by atoms with Gasteiger partial charge in [-0.3, -0.25) is 0 Å². The molecule has 2 aromatic heterocycles. The molecule has 0 amide bonds. The van der Waals surface area contributed by atoms with Gasteiger partial charge in [0, 0.05) is 33.0 Å². The van der Waals surface area contributed by atoms with Crippen molar-refractivity contribution in [1.82, 2.24) is 19.5 Å². The van der Waals surface area contributed by atoms with E-state index < -0.39 is 0 Å². The number of rotatable bonds is 8. The Morgan fingerprint density at radius 2 is 0.656 bits per heavy atom. The molecule has 4 nitrogen and oxygen atoms in total. The van der Waals surface area contributed by atoms with Gasteiger partial charge in [0.05, 0.1) is 16.7 Å². The van der Waals surface area contributed by atoms with Crippen molar-refractivity contribution in [2.75, 3.05) is 0 Å². The Bertz CT molecular complexity index is 3300. The molecule has 11 aromatic rings. The predicted octanol–water partition coefficient (Wildman–Crippen LogP) is 14.6. The Kier molecular flexibility index (Phi) is 9.14. The molecule has 286 valence electrons. The van der Waals surface area contributed by atoms with Gasteiger partial charge in [0.15, 0.2) is 17.5 Å². The van der Waals surface area contributed by atoms with Crippen LogP contribution in [0.5, 0.6) is 0 Å². The number of nitrogens with zero attached hydrogens (tertiary/aromatic N) is 4. The maximum atomic E-state index is 5.10. The van der Waals surface area contributed by atoms with Gasteiger partial charge in [-0.05, 0) is 69.3 Å². The van der Waals surface area contributed by atoms with E-state index in [0.29, 0.717) is 17.5 Å². The van der Waals surface area contributed by atoms with E-state index in [1.807, 2.05) is 42.5 Å². The van der Waals surface area contributed by atoms with Gasteiger partial charge in [-0.2, -0.15) is 0 Å². The third kappa shape index (κ3) is 6.76. The van der Waals surface area contributed by atoms with Gasteiger partial charge in [-0.1, -0.05) is 200 Å². The second-order valence-electron chi connectivity index (χ2n) is 15.2. The van der Waals surface area contributed by atoms with Gasteiger partial charge in [-0.15, -0.1) is 0 Å². The maximum absolute atomic E-state index is 5.10. The quantitative estimate of drug-likeness (QED) is 0.154. The topological polar surface area (TPSA) is 43.6 Å². The molecule has 61 heavy (non-hydrogen) atoms. The van der Waals surface area contributed by atoms with Gasteiger partial charge in [0.25, 0.3) is 0 Å².